The maximum atomic E-state index is 12.1. The third kappa shape index (κ3) is 6.95. The predicted octanol–water partition coefficient (Wildman–Crippen LogP) is 6.30. The van der Waals surface area contributed by atoms with Crippen molar-refractivity contribution < 1.29 is 4.79 Å². The van der Waals surface area contributed by atoms with E-state index in [1.807, 2.05) is 23.9 Å². The molecular weight excluding hydrogens is 326 g/mol. The summed E-state index contributed by atoms with van der Waals surface area (Å²) in [5, 5.41) is 3.01. The van der Waals surface area contributed by atoms with Crippen molar-refractivity contribution >= 4 is 23.4 Å². The van der Waals surface area contributed by atoms with Gasteiger partial charge in [0.05, 0.1) is 0 Å². The van der Waals surface area contributed by atoms with Crippen LogP contribution < -0.4 is 5.32 Å². The summed E-state index contributed by atoms with van der Waals surface area (Å²) in [4.78, 5) is 13.4. The van der Waals surface area contributed by atoms with Crippen molar-refractivity contribution in [2.45, 2.75) is 51.2 Å². The van der Waals surface area contributed by atoms with Crippen LogP contribution in [-0.2, 0) is 10.5 Å². The van der Waals surface area contributed by atoms with Crippen molar-refractivity contribution in [3.63, 3.8) is 0 Å². The standard InChI is InChI=1S/C22H29NOS/c1-16(2)13-17(3)14-22(24)23-20-11-9-19(10-12-20)15-25-21-8-6-5-7-18(21)4/h5-12,16-17H,13-15H2,1-4H3,(H,23,24). The van der Waals surface area contributed by atoms with Crippen molar-refractivity contribution in [1.29, 1.82) is 0 Å². The maximum absolute atomic E-state index is 12.1. The quantitative estimate of drug-likeness (QED) is 0.563. The van der Waals surface area contributed by atoms with Crippen LogP contribution in [0, 0.1) is 18.8 Å². The second-order valence-corrected chi connectivity index (χ2v) is 8.26. The highest BCUT2D eigenvalue weighted by molar-refractivity contribution is 7.98. The minimum absolute atomic E-state index is 0.107. The van der Waals surface area contributed by atoms with Gasteiger partial charge >= 0.3 is 0 Å². The van der Waals surface area contributed by atoms with Gasteiger partial charge in [0.25, 0.3) is 0 Å². The van der Waals surface area contributed by atoms with Gasteiger partial charge in [0, 0.05) is 22.8 Å². The highest BCUT2D eigenvalue weighted by atomic mass is 32.2. The van der Waals surface area contributed by atoms with Gasteiger partial charge in [0.2, 0.25) is 5.91 Å². The number of amides is 1. The molecule has 1 unspecified atom stereocenters. The maximum Gasteiger partial charge on any atom is 0.224 e. The molecule has 1 amide bonds. The van der Waals surface area contributed by atoms with Crippen LogP contribution in [-0.4, -0.2) is 5.91 Å². The Bertz CT molecular complexity index is 679. The number of thioether (sulfide) groups is 1. The van der Waals surface area contributed by atoms with E-state index in [1.54, 1.807) is 0 Å². The lowest BCUT2D eigenvalue weighted by molar-refractivity contribution is -0.117. The van der Waals surface area contributed by atoms with E-state index in [9.17, 15) is 4.79 Å². The van der Waals surface area contributed by atoms with Crippen LogP contribution >= 0.6 is 11.8 Å². The fourth-order valence-corrected chi connectivity index (χ4v) is 3.97. The summed E-state index contributed by atoms with van der Waals surface area (Å²) in [6.45, 7) is 8.68. The second-order valence-electron chi connectivity index (χ2n) is 7.24. The summed E-state index contributed by atoms with van der Waals surface area (Å²) >= 11 is 1.85. The Morgan fingerprint density at radius 3 is 2.36 bits per heavy atom. The molecule has 1 N–H and O–H groups in total. The second kappa shape index (κ2) is 9.67. The molecule has 0 aliphatic rings. The molecule has 0 aliphatic heterocycles. The number of benzene rings is 2. The van der Waals surface area contributed by atoms with E-state index in [4.69, 9.17) is 0 Å². The van der Waals surface area contributed by atoms with E-state index in [1.165, 1.54) is 16.0 Å². The van der Waals surface area contributed by atoms with E-state index < -0.39 is 0 Å². The van der Waals surface area contributed by atoms with Crippen LogP contribution in [0.5, 0.6) is 0 Å². The van der Waals surface area contributed by atoms with Crippen LogP contribution in [0.2, 0.25) is 0 Å². The van der Waals surface area contributed by atoms with E-state index in [-0.39, 0.29) is 5.91 Å². The molecule has 2 aromatic rings. The Hall–Kier alpha value is -1.74. The lowest BCUT2D eigenvalue weighted by atomic mass is 9.96. The van der Waals surface area contributed by atoms with Gasteiger partial charge in [-0.1, -0.05) is 51.1 Å². The average molecular weight is 356 g/mol. The average Bonchev–Trinajstić information content (AvgIpc) is 2.54. The molecule has 0 aromatic heterocycles. The van der Waals surface area contributed by atoms with Gasteiger partial charge < -0.3 is 5.32 Å². The normalized spacial score (nSPS) is 12.2. The van der Waals surface area contributed by atoms with Crippen molar-refractivity contribution in [2.24, 2.45) is 11.8 Å². The molecular formula is C22H29NOS. The van der Waals surface area contributed by atoms with Gasteiger partial charge in [-0.05, 0) is 54.5 Å². The number of hydrogen-bond acceptors (Lipinski definition) is 2. The number of nitrogens with one attached hydrogen (secondary N) is 1. The highest BCUT2D eigenvalue weighted by Crippen LogP contribution is 2.26. The molecule has 0 spiro atoms. The molecule has 1 atom stereocenters. The van der Waals surface area contributed by atoms with Crippen molar-refractivity contribution in [1.82, 2.24) is 0 Å². The van der Waals surface area contributed by atoms with Gasteiger partial charge in [0.15, 0.2) is 0 Å². The molecule has 25 heavy (non-hydrogen) atoms. The number of carbonyl (C=O) groups excluding carboxylic acids is 1. The third-order valence-corrected chi connectivity index (χ3v) is 5.38. The molecule has 134 valence electrons. The SMILES string of the molecule is Cc1ccccc1SCc1ccc(NC(=O)CC(C)CC(C)C)cc1. The van der Waals surface area contributed by atoms with Crippen LogP contribution in [0.4, 0.5) is 5.69 Å². The predicted molar refractivity (Wildman–Crippen MR) is 109 cm³/mol. The molecule has 0 heterocycles. The van der Waals surface area contributed by atoms with Crippen LogP contribution in [0.25, 0.3) is 0 Å². The van der Waals surface area contributed by atoms with Gasteiger partial charge in [-0.15, -0.1) is 11.8 Å². The van der Waals surface area contributed by atoms with E-state index >= 15 is 0 Å². The zero-order valence-electron chi connectivity index (χ0n) is 15.7. The number of aryl methyl sites for hydroxylation is 1. The first-order valence-electron chi connectivity index (χ1n) is 9.01. The van der Waals surface area contributed by atoms with Crippen molar-refractivity contribution in [3.05, 3.63) is 59.7 Å². The van der Waals surface area contributed by atoms with Crippen LogP contribution in [0.3, 0.4) is 0 Å². The Balaban J connectivity index is 1.83. The zero-order valence-corrected chi connectivity index (χ0v) is 16.5. The zero-order chi connectivity index (χ0) is 18.2. The first-order chi connectivity index (χ1) is 11.9. The Morgan fingerprint density at radius 1 is 1.04 bits per heavy atom. The largest absolute Gasteiger partial charge is 0.326 e. The Labute approximate surface area is 156 Å². The van der Waals surface area contributed by atoms with Crippen LogP contribution in [0.1, 0.15) is 44.7 Å². The molecule has 2 nitrogen and oxygen atoms in total. The summed E-state index contributed by atoms with van der Waals surface area (Å²) in [6.07, 6.45) is 1.67. The lowest BCUT2D eigenvalue weighted by Gasteiger charge is -2.14. The topological polar surface area (TPSA) is 29.1 Å². The van der Waals surface area contributed by atoms with Crippen molar-refractivity contribution in [3.8, 4) is 0 Å². The molecule has 0 aliphatic carbocycles. The summed E-state index contributed by atoms with van der Waals surface area (Å²) < 4.78 is 0. The third-order valence-electron chi connectivity index (χ3n) is 4.13. The molecule has 0 bridgehead atoms. The molecule has 0 radical (unpaired) electrons. The van der Waals surface area contributed by atoms with Gasteiger partial charge in [-0.2, -0.15) is 0 Å². The summed E-state index contributed by atoms with van der Waals surface area (Å²) in [5.74, 6) is 2.10. The van der Waals surface area contributed by atoms with E-state index in [2.05, 4.69) is 69.4 Å². The summed E-state index contributed by atoms with van der Waals surface area (Å²) in [7, 11) is 0. The molecule has 0 saturated carbocycles. The van der Waals surface area contributed by atoms with E-state index in [0.29, 0.717) is 18.3 Å². The highest BCUT2D eigenvalue weighted by Gasteiger charge is 2.11. The molecule has 2 aromatic carbocycles. The Morgan fingerprint density at radius 2 is 1.72 bits per heavy atom. The molecule has 0 saturated heterocycles. The minimum atomic E-state index is 0.107. The van der Waals surface area contributed by atoms with Crippen molar-refractivity contribution in [2.75, 3.05) is 5.32 Å². The first-order valence-corrected chi connectivity index (χ1v) is 10.00. The van der Waals surface area contributed by atoms with Gasteiger partial charge in [-0.3, -0.25) is 4.79 Å². The molecule has 2 rings (SSSR count). The molecule has 0 fully saturated rings. The fourth-order valence-electron chi connectivity index (χ4n) is 2.98. The number of carbonyl (C=O) groups is 1. The van der Waals surface area contributed by atoms with Crippen LogP contribution in [0.15, 0.2) is 53.4 Å². The van der Waals surface area contributed by atoms with E-state index in [0.717, 1.165) is 17.9 Å². The summed E-state index contributed by atoms with van der Waals surface area (Å²) in [6, 6.07) is 16.6. The fraction of sp³-hybridized carbons (Fsp3) is 0.409. The lowest BCUT2D eigenvalue weighted by Crippen LogP contribution is -2.16. The van der Waals surface area contributed by atoms with Gasteiger partial charge in [-0.25, -0.2) is 0 Å². The molecule has 3 heteroatoms. The van der Waals surface area contributed by atoms with Gasteiger partial charge in [0.1, 0.15) is 0 Å². The summed E-state index contributed by atoms with van der Waals surface area (Å²) in [5.41, 5.74) is 3.46. The number of hydrogen-bond donors (Lipinski definition) is 1. The first kappa shape index (κ1) is 19.6. The monoisotopic (exact) mass is 355 g/mol. The minimum Gasteiger partial charge on any atom is -0.326 e. The Kier molecular flexibility index (Phi) is 7.57. The number of anilines is 1. The smallest absolute Gasteiger partial charge is 0.224 e. The number of rotatable bonds is 8.